The van der Waals surface area contributed by atoms with E-state index in [1.165, 1.54) is 28.4 Å². The Kier molecular flexibility index (Phi) is 6.88. The van der Waals surface area contributed by atoms with Crippen LogP contribution in [-0.4, -0.2) is 71.3 Å². The van der Waals surface area contributed by atoms with Crippen LogP contribution in [0.4, 0.5) is 0 Å². The first-order chi connectivity index (χ1) is 16.8. The third kappa shape index (κ3) is 4.27. The number of hydrogen-bond donors (Lipinski definition) is 0. The van der Waals surface area contributed by atoms with Gasteiger partial charge in [0.2, 0.25) is 5.76 Å². The normalized spacial score (nSPS) is 15.0. The second kappa shape index (κ2) is 9.87. The number of methoxy groups -OCH3 is 4. The van der Waals surface area contributed by atoms with Gasteiger partial charge >= 0.3 is 0 Å². The van der Waals surface area contributed by atoms with Crippen molar-refractivity contribution in [1.29, 1.82) is 0 Å². The first-order valence-corrected chi connectivity index (χ1v) is 11.2. The molecule has 1 unspecified atom stereocenters. The minimum atomic E-state index is -0.711. The van der Waals surface area contributed by atoms with Crippen LogP contribution in [0.15, 0.2) is 39.5 Å². The van der Waals surface area contributed by atoms with Crippen LogP contribution in [0.25, 0.3) is 11.0 Å². The molecule has 1 atom stereocenters. The molecule has 0 spiro atoms. The van der Waals surface area contributed by atoms with Gasteiger partial charge in [-0.25, -0.2) is 0 Å². The van der Waals surface area contributed by atoms with E-state index in [9.17, 15) is 9.59 Å². The van der Waals surface area contributed by atoms with Crippen LogP contribution in [0.3, 0.4) is 0 Å². The van der Waals surface area contributed by atoms with Crippen LogP contribution in [0.1, 0.15) is 34.1 Å². The van der Waals surface area contributed by atoms with E-state index in [2.05, 4.69) is 0 Å². The number of rotatable bonds is 9. The standard InChI is InChI=1S/C26H30N2O7/c1-27(2)10-7-11-28-23(17-13-20(33-5)21(34-6)14-18(17)32-4)22-24(29)16-9-8-15(31-3)12-19(16)35-25(22)26(28)30/h8-9,12-14,23H,7,10-11H2,1-6H3. The SMILES string of the molecule is COc1ccc2c(=O)c3c(oc2c1)C(=O)N(CCCN(C)C)C3c1cc(OC)c(OC)cc1OC. The molecule has 9 heteroatoms. The Bertz CT molecular complexity index is 1320. The summed E-state index contributed by atoms with van der Waals surface area (Å²) >= 11 is 0. The number of ether oxygens (including phenoxy) is 4. The van der Waals surface area contributed by atoms with Crippen LogP contribution < -0.4 is 24.4 Å². The number of amides is 1. The van der Waals surface area contributed by atoms with E-state index in [-0.39, 0.29) is 22.7 Å². The minimum absolute atomic E-state index is 0.0300. The van der Waals surface area contributed by atoms with E-state index in [1.54, 1.807) is 35.2 Å². The number of carbonyl (C=O) groups excluding carboxylic acids is 1. The van der Waals surface area contributed by atoms with Gasteiger partial charge in [-0.15, -0.1) is 0 Å². The summed E-state index contributed by atoms with van der Waals surface area (Å²) in [5.41, 5.74) is 0.925. The van der Waals surface area contributed by atoms with E-state index in [0.29, 0.717) is 52.5 Å². The zero-order valence-corrected chi connectivity index (χ0v) is 20.8. The van der Waals surface area contributed by atoms with Gasteiger partial charge in [-0.05, 0) is 45.3 Å². The fourth-order valence-electron chi connectivity index (χ4n) is 4.50. The second-order valence-corrected chi connectivity index (χ2v) is 8.54. The van der Waals surface area contributed by atoms with Crippen molar-refractivity contribution in [2.45, 2.75) is 12.5 Å². The number of nitrogens with zero attached hydrogens (tertiary/aromatic N) is 2. The zero-order valence-electron chi connectivity index (χ0n) is 20.8. The third-order valence-corrected chi connectivity index (χ3v) is 6.21. The average Bonchev–Trinajstić information content (AvgIpc) is 3.14. The van der Waals surface area contributed by atoms with Gasteiger partial charge in [-0.1, -0.05) is 0 Å². The van der Waals surface area contributed by atoms with E-state index < -0.39 is 6.04 Å². The number of hydrogen-bond acceptors (Lipinski definition) is 8. The predicted molar refractivity (Wildman–Crippen MR) is 131 cm³/mol. The summed E-state index contributed by atoms with van der Waals surface area (Å²) in [6.45, 7) is 1.19. The largest absolute Gasteiger partial charge is 0.497 e. The fraction of sp³-hybridized carbons (Fsp3) is 0.385. The molecule has 0 saturated carbocycles. The molecule has 0 aliphatic carbocycles. The maximum Gasteiger partial charge on any atom is 0.290 e. The lowest BCUT2D eigenvalue weighted by molar-refractivity contribution is 0.0720. The molecule has 186 valence electrons. The monoisotopic (exact) mass is 482 g/mol. The molecule has 0 saturated heterocycles. The van der Waals surface area contributed by atoms with E-state index in [1.807, 2.05) is 19.0 Å². The lowest BCUT2D eigenvalue weighted by Crippen LogP contribution is -2.32. The van der Waals surface area contributed by atoms with Crippen LogP contribution >= 0.6 is 0 Å². The first kappa shape index (κ1) is 24.4. The number of benzene rings is 2. The van der Waals surface area contributed by atoms with Crippen molar-refractivity contribution in [3.8, 4) is 23.0 Å². The van der Waals surface area contributed by atoms with Gasteiger partial charge in [0.1, 0.15) is 17.1 Å². The lowest BCUT2D eigenvalue weighted by Gasteiger charge is -2.27. The molecular weight excluding hydrogens is 452 g/mol. The van der Waals surface area contributed by atoms with Crippen molar-refractivity contribution in [1.82, 2.24) is 9.80 Å². The number of fused-ring (bicyclic) bond motifs is 2. The number of carbonyl (C=O) groups is 1. The molecule has 9 nitrogen and oxygen atoms in total. The van der Waals surface area contributed by atoms with E-state index in [0.717, 1.165) is 6.54 Å². The summed E-state index contributed by atoms with van der Waals surface area (Å²) in [7, 11) is 10.1. The molecule has 2 heterocycles. The Balaban J connectivity index is 1.96. The van der Waals surface area contributed by atoms with Crippen LogP contribution in [0, 0.1) is 0 Å². The highest BCUT2D eigenvalue weighted by molar-refractivity contribution is 5.99. The van der Waals surface area contributed by atoms with Gasteiger partial charge < -0.3 is 33.2 Å². The molecule has 1 aliphatic heterocycles. The molecule has 0 fully saturated rings. The van der Waals surface area contributed by atoms with Gasteiger partial charge in [0.15, 0.2) is 16.9 Å². The summed E-state index contributed by atoms with van der Waals surface area (Å²) in [6, 6.07) is 7.71. The molecule has 1 amide bonds. The highest BCUT2D eigenvalue weighted by Gasteiger charge is 2.44. The van der Waals surface area contributed by atoms with Gasteiger partial charge in [-0.3, -0.25) is 9.59 Å². The van der Waals surface area contributed by atoms with Crippen molar-refractivity contribution < 1.29 is 28.2 Å². The van der Waals surface area contributed by atoms with Crippen LogP contribution in [-0.2, 0) is 0 Å². The smallest absolute Gasteiger partial charge is 0.290 e. The molecule has 0 radical (unpaired) electrons. The first-order valence-electron chi connectivity index (χ1n) is 11.2. The van der Waals surface area contributed by atoms with Gasteiger partial charge in [0.05, 0.1) is 45.4 Å². The molecule has 3 aromatic rings. The second-order valence-electron chi connectivity index (χ2n) is 8.54. The lowest BCUT2D eigenvalue weighted by atomic mass is 9.97. The molecule has 1 aliphatic rings. The summed E-state index contributed by atoms with van der Waals surface area (Å²) in [5, 5.41) is 0.372. The molecule has 2 aromatic carbocycles. The minimum Gasteiger partial charge on any atom is -0.497 e. The molecule has 4 rings (SSSR count). The van der Waals surface area contributed by atoms with Gasteiger partial charge in [-0.2, -0.15) is 0 Å². The summed E-state index contributed by atoms with van der Waals surface area (Å²) in [5.74, 6) is 1.64. The highest BCUT2D eigenvalue weighted by Crippen LogP contribution is 2.45. The molecule has 1 aromatic heterocycles. The summed E-state index contributed by atoms with van der Waals surface area (Å²) < 4.78 is 27.9. The quantitative estimate of drug-likeness (QED) is 0.459. The highest BCUT2D eigenvalue weighted by atomic mass is 16.5. The van der Waals surface area contributed by atoms with Crippen LogP contribution in [0.2, 0.25) is 0 Å². The predicted octanol–water partition coefficient (Wildman–Crippen LogP) is 3.32. The maximum atomic E-state index is 13.8. The maximum absolute atomic E-state index is 13.8. The summed E-state index contributed by atoms with van der Waals surface area (Å²) in [6.07, 6.45) is 0.709. The Morgan fingerprint density at radius 2 is 1.60 bits per heavy atom. The molecule has 0 bridgehead atoms. The van der Waals surface area contributed by atoms with Gasteiger partial charge in [0.25, 0.3) is 5.91 Å². The van der Waals surface area contributed by atoms with Crippen molar-refractivity contribution in [2.75, 3.05) is 55.6 Å². The van der Waals surface area contributed by atoms with E-state index >= 15 is 0 Å². The van der Waals surface area contributed by atoms with E-state index in [4.69, 9.17) is 23.4 Å². The average molecular weight is 483 g/mol. The molecule has 0 N–H and O–H groups in total. The molecule has 35 heavy (non-hydrogen) atoms. The third-order valence-electron chi connectivity index (χ3n) is 6.21. The fourth-order valence-corrected chi connectivity index (χ4v) is 4.50. The topological polar surface area (TPSA) is 90.7 Å². The Hall–Kier alpha value is -3.72. The Labute approximate surface area is 203 Å². The van der Waals surface area contributed by atoms with Gasteiger partial charge in [0, 0.05) is 24.2 Å². The Morgan fingerprint density at radius 3 is 2.23 bits per heavy atom. The van der Waals surface area contributed by atoms with Crippen molar-refractivity contribution in [3.05, 3.63) is 57.4 Å². The van der Waals surface area contributed by atoms with Crippen molar-refractivity contribution in [2.24, 2.45) is 0 Å². The molecular formula is C26H30N2O7. The van der Waals surface area contributed by atoms with Crippen molar-refractivity contribution >= 4 is 16.9 Å². The Morgan fingerprint density at radius 1 is 0.914 bits per heavy atom. The summed E-state index contributed by atoms with van der Waals surface area (Å²) in [4.78, 5) is 31.1. The zero-order chi connectivity index (χ0) is 25.3. The van der Waals surface area contributed by atoms with Crippen LogP contribution in [0.5, 0.6) is 23.0 Å². The van der Waals surface area contributed by atoms with Crippen molar-refractivity contribution in [3.63, 3.8) is 0 Å².